The third-order valence-corrected chi connectivity index (χ3v) is 2.73. The number of nitrogens with zero attached hydrogens (tertiary/aromatic N) is 2. The zero-order chi connectivity index (χ0) is 11.4. The summed E-state index contributed by atoms with van der Waals surface area (Å²) in [4.78, 5) is 11.7. The third kappa shape index (κ3) is 2.61. The highest BCUT2D eigenvalue weighted by atomic mass is 16.5. The quantitative estimate of drug-likeness (QED) is 0.822. The number of carbonyl (C=O) groups excluding carboxylic acids is 1. The molecule has 1 aromatic heterocycles. The van der Waals surface area contributed by atoms with E-state index >= 15 is 0 Å². The fraction of sp³-hybridized carbons (Fsp3) is 0.636. The van der Waals surface area contributed by atoms with Gasteiger partial charge in [-0.05, 0) is 19.8 Å². The molecule has 1 N–H and O–H groups in total. The van der Waals surface area contributed by atoms with Crippen LogP contribution in [0.4, 0.5) is 0 Å². The van der Waals surface area contributed by atoms with Crippen LogP contribution in [0.25, 0.3) is 0 Å². The molecule has 0 saturated carbocycles. The summed E-state index contributed by atoms with van der Waals surface area (Å²) in [7, 11) is 0. The van der Waals surface area contributed by atoms with Crippen LogP contribution in [-0.4, -0.2) is 34.9 Å². The summed E-state index contributed by atoms with van der Waals surface area (Å²) < 4.78 is 7.17. The van der Waals surface area contributed by atoms with E-state index in [1.807, 2.05) is 6.92 Å². The lowest BCUT2D eigenvalue weighted by Crippen LogP contribution is -2.31. The molecule has 1 amide bonds. The Kier molecular flexibility index (Phi) is 3.56. The van der Waals surface area contributed by atoms with E-state index in [-0.39, 0.29) is 12.0 Å². The first kappa shape index (κ1) is 11.1. The van der Waals surface area contributed by atoms with E-state index in [9.17, 15) is 4.79 Å². The Hall–Kier alpha value is -1.36. The van der Waals surface area contributed by atoms with Crippen molar-refractivity contribution in [2.45, 2.75) is 32.4 Å². The first-order chi connectivity index (χ1) is 7.79. The molecule has 16 heavy (non-hydrogen) atoms. The van der Waals surface area contributed by atoms with Gasteiger partial charge in [0.15, 0.2) is 0 Å². The average Bonchev–Trinajstić information content (AvgIpc) is 2.96. The lowest BCUT2D eigenvalue weighted by molar-refractivity contribution is 0.0857. The summed E-state index contributed by atoms with van der Waals surface area (Å²) in [5.41, 5.74) is 0.611. The van der Waals surface area contributed by atoms with Gasteiger partial charge in [0.1, 0.15) is 0 Å². The van der Waals surface area contributed by atoms with Gasteiger partial charge in [-0.25, -0.2) is 0 Å². The molecule has 5 nitrogen and oxygen atoms in total. The first-order valence-electron chi connectivity index (χ1n) is 5.72. The Morgan fingerprint density at radius 2 is 2.62 bits per heavy atom. The van der Waals surface area contributed by atoms with E-state index in [0.29, 0.717) is 12.1 Å². The molecule has 0 aliphatic carbocycles. The van der Waals surface area contributed by atoms with E-state index in [2.05, 4.69) is 10.4 Å². The van der Waals surface area contributed by atoms with Gasteiger partial charge in [0.25, 0.3) is 5.91 Å². The zero-order valence-corrected chi connectivity index (χ0v) is 9.48. The standard InChI is InChI=1S/C11H17N3O2/c1-2-14-8-9(6-13-14)11(15)12-7-10-4-3-5-16-10/h6,8,10H,2-5,7H2,1H3,(H,12,15)/t10-/m1/s1. The second kappa shape index (κ2) is 5.12. The summed E-state index contributed by atoms with van der Waals surface area (Å²) >= 11 is 0. The van der Waals surface area contributed by atoms with Gasteiger partial charge in [-0.3, -0.25) is 9.48 Å². The van der Waals surface area contributed by atoms with Crippen molar-refractivity contribution < 1.29 is 9.53 Å². The average molecular weight is 223 g/mol. The van der Waals surface area contributed by atoms with Crippen molar-refractivity contribution in [1.82, 2.24) is 15.1 Å². The van der Waals surface area contributed by atoms with E-state index in [4.69, 9.17) is 4.74 Å². The van der Waals surface area contributed by atoms with E-state index in [0.717, 1.165) is 26.0 Å². The fourth-order valence-electron chi connectivity index (χ4n) is 1.77. The molecule has 0 spiro atoms. The van der Waals surface area contributed by atoms with Crippen molar-refractivity contribution in [3.05, 3.63) is 18.0 Å². The molecule has 1 aromatic rings. The third-order valence-electron chi connectivity index (χ3n) is 2.73. The number of amides is 1. The van der Waals surface area contributed by atoms with Crippen molar-refractivity contribution in [1.29, 1.82) is 0 Å². The van der Waals surface area contributed by atoms with Crippen LogP contribution in [0.2, 0.25) is 0 Å². The van der Waals surface area contributed by atoms with Gasteiger partial charge in [-0.1, -0.05) is 0 Å². The molecule has 1 fully saturated rings. The lowest BCUT2D eigenvalue weighted by Gasteiger charge is -2.09. The molecule has 0 bridgehead atoms. The Morgan fingerprint density at radius 3 is 3.25 bits per heavy atom. The van der Waals surface area contributed by atoms with Crippen LogP contribution in [0, 0.1) is 0 Å². The highest BCUT2D eigenvalue weighted by Crippen LogP contribution is 2.10. The van der Waals surface area contributed by atoms with Crippen LogP contribution in [0.3, 0.4) is 0 Å². The fourth-order valence-corrected chi connectivity index (χ4v) is 1.77. The number of hydrogen-bond donors (Lipinski definition) is 1. The van der Waals surface area contributed by atoms with Crippen molar-refractivity contribution >= 4 is 5.91 Å². The minimum atomic E-state index is -0.0739. The van der Waals surface area contributed by atoms with Crippen LogP contribution in [0.5, 0.6) is 0 Å². The Balaban J connectivity index is 1.82. The normalized spacial score (nSPS) is 19.9. The van der Waals surface area contributed by atoms with E-state index in [1.165, 1.54) is 0 Å². The van der Waals surface area contributed by atoms with Crippen LogP contribution in [0.1, 0.15) is 30.1 Å². The first-order valence-corrected chi connectivity index (χ1v) is 5.72. The highest BCUT2D eigenvalue weighted by Gasteiger charge is 2.17. The van der Waals surface area contributed by atoms with Crippen LogP contribution < -0.4 is 5.32 Å². The highest BCUT2D eigenvalue weighted by molar-refractivity contribution is 5.93. The van der Waals surface area contributed by atoms with E-state index < -0.39 is 0 Å². The SMILES string of the molecule is CCn1cc(C(=O)NC[C@H]2CCCO2)cn1. The molecule has 1 saturated heterocycles. The van der Waals surface area contributed by atoms with Crippen LogP contribution >= 0.6 is 0 Å². The molecule has 5 heteroatoms. The summed E-state index contributed by atoms with van der Waals surface area (Å²) in [5.74, 6) is -0.0739. The number of hydrogen-bond acceptors (Lipinski definition) is 3. The maximum absolute atomic E-state index is 11.7. The topological polar surface area (TPSA) is 56.2 Å². The number of nitrogens with one attached hydrogen (secondary N) is 1. The minimum Gasteiger partial charge on any atom is -0.376 e. The second-order valence-corrected chi connectivity index (χ2v) is 3.93. The molecule has 2 heterocycles. The summed E-state index contributed by atoms with van der Waals surface area (Å²) in [5, 5.41) is 6.92. The molecule has 1 atom stereocenters. The summed E-state index contributed by atoms with van der Waals surface area (Å²) in [6.07, 6.45) is 5.66. The molecular formula is C11H17N3O2. The van der Waals surface area contributed by atoms with Gasteiger partial charge in [-0.15, -0.1) is 0 Å². The second-order valence-electron chi connectivity index (χ2n) is 3.93. The van der Waals surface area contributed by atoms with Gasteiger partial charge >= 0.3 is 0 Å². The van der Waals surface area contributed by atoms with Gasteiger partial charge in [0.2, 0.25) is 0 Å². The number of aromatic nitrogens is 2. The van der Waals surface area contributed by atoms with Crippen LogP contribution in [0.15, 0.2) is 12.4 Å². The molecular weight excluding hydrogens is 206 g/mol. The number of carbonyl (C=O) groups is 1. The van der Waals surface area contributed by atoms with Gasteiger partial charge in [-0.2, -0.15) is 5.10 Å². The van der Waals surface area contributed by atoms with Crippen molar-refractivity contribution in [2.75, 3.05) is 13.2 Å². The smallest absolute Gasteiger partial charge is 0.254 e. The molecule has 1 aliphatic heterocycles. The Bertz CT molecular complexity index is 356. The zero-order valence-electron chi connectivity index (χ0n) is 9.48. The van der Waals surface area contributed by atoms with Crippen molar-refractivity contribution in [2.24, 2.45) is 0 Å². The lowest BCUT2D eigenvalue weighted by atomic mass is 10.2. The molecule has 0 unspecified atom stereocenters. The maximum atomic E-state index is 11.7. The largest absolute Gasteiger partial charge is 0.376 e. The van der Waals surface area contributed by atoms with Gasteiger partial charge in [0.05, 0.1) is 17.9 Å². The Morgan fingerprint density at radius 1 is 1.75 bits per heavy atom. The molecule has 88 valence electrons. The molecule has 0 aromatic carbocycles. The summed E-state index contributed by atoms with van der Waals surface area (Å²) in [6.45, 7) is 4.17. The van der Waals surface area contributed by atoms with Gasteiger partial charge in [0, 0.05) is 25.9 Å². The minimum absolute atomic E-state index is 0.0739. The van der Waals surface area contributed by atoms with Crippen molar-refractivity contribution in [3.63, 3.8) is 0 Å². The number of aryl methyl sites for hydroxylation is 1. The van der Waals surface area contributed by atoms with Crippen molar-refractivity contribution in [3.8, 4) is 0 Å². The number of rotatable bonds is 4. The van der Waals surface area contributed by atoms with E-state index in [1.54, 1.807) is 17.1 Å². The predicted octanol–water partition coefficient (Wildman–Crippen LogP) is 0.812. The molecule has 2 rings (SSSR count). The predicted molar refractivity (Wildman–Crippen MR) is 59.2 cm³/mol. The summed E-state index contributed by atoms with van der Waals surface area (Å²) in [6, 6.07) is 0. The Labute approximate surface area is 94.8 Å². The molecule has 0 radical (unpaired) electrons. The monoisotopic (exact) mass is 223 g/mol. The molecule has 1 aliphatic rings. The van der Waals surface area contributed by atoms with Crippen LogP contribution in [-0.2, 0) is 11.3 Å². The number of ether oxygens (including phenoxy) is 1. The maximum Gasteiger partial charge on any atom is 0.254 e. The van der Waals surface area contributed by atoms with Gasteiger partial charge < -0.3 is 10.1 Å².